The highest BCUT2D eigenvalue weighted by molar-refractivity contribution is 5.95. The van der Waals surface area contributed by atoms with E-state index in [1.807, 2.05) is 12.1 Å². The third kappa shape index (κ3) is 4.50. The molecule has 1 saturated carbocycles. The third-order valence-electron chi connectivity index (χ3n) is 5.10. The van der Waals surface area contributed by atoms with Crippen molar-refractivity contribution in [3.8, 4) is 11.4 Å². The van der Waals surface area contributed by atoms with Crippen molar-refractivity contribution in [1.29, 1.82) is 0 Å². The number of hydrogen-bond donors (Lipinski definition) is 3. The Morgan fingerprint density at radius 1 is 1.07 bits per heavy atom. The molecule has 0 saturated heterocycles. The van der Waals surface area contributed by atoms with Crippen molar-refractivity contribution < 1.29 is 9.59 Å². The molecular weight excluding hydrogens is 370 g/mol. The second-order valence-electron chi connectivity index (χ2n) is 7.27. The number of aryl methyl sites for hydroxylation is 1. The van der Waals surface area contributed by atoms with Crippen LogP contribution in [0.3, 0.4) is 0 Å². The van der Waals surface area contributed by atoms with E-state index in [9.17, 15) is 9.59 Å². The van der Waals surface area contributed by atoms with E-state index in [1.54, 1.807) is 37.5 Å². The molecule has 2 heterocycles. The van der Waals surface area contributed by atoms with Crippen LogP contribution < -0.4 is 10.6 Å². The number of carbonyl (C=O) groups is 2. The van der Waals surface area contributed by atoms with Gasteiger partial charge in [0.25, 0.3) is 11.8 Å². The predicted octanol–water partition coefficient (Wildman–Crippen LogP) is 1.68. The average Bonchev–Trinajstić information content (AvgIpc) is 3.40. The number of nitrogens with zero attached hydrogens (tertiary/aromatic N) is 4. The minimum Gasteiger partial charge on any atom is -0.357 e. The lowest BCUT2D eigenvalue weighted by atomic mass is 9.90. The first-order valence-corrected chi connectivity index (χ1v) is 9.68. The number of amides is 2. The first kappa shape index (κ1) is 18.9. The molecule has 1 aromatic carbocycles. The van der Waals surface area contributed by atoms with Crippen LogP contribution in [0, 0.1) is 0 Å². The molecule has 29 heavy (non-hydrogen) atoms. The van der Waals surface area contributed by atoms with E-state index in [4.69, 9.17) is 0 Å². The fraction of sp³-hybridized carbons (Fsp3) is 0.350. The van der Waals surface area contributed by atoms with Gasteiger partial charge in [-0.15, -0.1) is 10.2 Å². The lowest BCUT2D eigenvalue weighted by molar-refractivity contribution is 0.0900. The van der Waals surface area contributed by atoms with Gasteiger partial charge in [-0.1, -0.05) is 12.1 Å². The van der Waals surface area contributed by atoms with E-state index in [0.29, 0.717) is 17.1 Å². The van der Waals surface area contributed by atoms with E-state index >= 15 is 0 Å². The van der Waals surface area contributed by atoms with E-state index in [0.717, 1.165) is 31.2 Å². The fourth-order valence-corrected chi connectivity index (χ4v) is 3.63. The topological polar surface area (TPSA) is 118 Å². The summed E-state index contributed by atoms with van der Waals surface area (Å²) < 4.78 is 0. The van der Waals surface area contributed by atoms with Crippen molar-refractivity contribution in [2.24, 2.45) is 7.05 Å². The van der Waals surface area contributed by atoms with Gasteiger partial charge in [-0.2, -0.15) is 4.80 Å². The molecule has 2 unspecified atom stereocenters. The van der Waals surface area contributed by atoms with E-state index in [1.165, 1.54) is 4.80 Å². The maximum atomic E-state index is 12.6. The average molecular weight is 393 g/mol. The Kier molecular flexibility index (Phi) is 5.37. The number of aromatic nitrogens is 5. The van der Waals surface area contributed by atoms with Gasteiger partial charge in [0.1, 0.15) is 5.69 Å². The number of rotatable bonds is 5. The zero-order chi connectivity index (χ0) is 20.2. The lowest BCUT2D eigenvalue weighted by Crippen LogP contribution is -2.45. The molecular formula is C20H23N7O2. The van der Waals surface area contributed by atoms with Gasteiger partial charge in [-0.25, -0.2) is 0 Å². The summed E-state index contributed by atoms with van der Waals surface area (Å²) in [4.78, 5) is 29.2. The van der Waals surface area contributed by atoms with E-state index in [-0.39, 0.29) is 23.9 Å². The molecule has 1 aliphatic carbocycles. The predicted molar refractivity (Wildman–Crippen MR) is 106 cm³/mol. The number of carbonyl (C=O) groups excluding carboxylic acids is 2. The maximum absolute atomic E-state index is 12.6. The van der Waals surface area contributed by atoms with Crippen LogP contribution in [0.1, 0.15) is 46.5 Å². The third-order valence-corrected chi connectivity index (χ3v) is 5.10. The monoisotopic (exact) mass is 393 g/mol. The standard InChI is InChI=1S/C20H23N7O2/c1-27-25-18(24-26-27)13-7-9-14(10-8-13)19(28)22-15-4-2-5-16(12-15)23-20(29)17-6-3-11-21-17/h3,6-11,15-16,21H,2,4-5,12H2,1H3,(H,22,28)(H,23,29). The van der Waals surface area contributed by atoms with Crippen LogP contribution in [0.4, 0.5) is 0 Å². The van der Waals surface area contributed by atoms with E-state index < -0.39 is 0 Å². The summed E-state index contributed by atoms with van der Waals surface area (Å²) in [5.74, 6) is 0.289. The van der Waals surface area contributed by atoms with Crippen LogP contribution in [-0.2, 0) is 7.05 Å². The van der Waals surface area contributed by atoms with Crippen LogP contribution in [0.15, 0.2) is 42.6 Å². The Morgan fingerprint density at radius 2 is 1.79 bits per heavy atom. The van der Waals surface area contributed by atoms with E-state index in [2.05, 4.69) is 31.0 Å². The number of aromatic amines is 1. The highest BCUT2D eigenvalue weighted by Gasteiger charge is 2.25. The molecule has 0 spiro atoms. The zero-order valence-electron chi connectivity index (χ0n) is 16.1. The summed E-state index contributed by atoms with van der Waals surface area (Å²) in [6, 6.07) is 10.8. The number of benzene rings is 1. The maximum Gasteiger partial charge on any atom is 0.267 e. The van der Waals surface area contributed by atoms with Gasteiger partial charge in [0.15, 0.2) is 0 Å². The molecule has 0 bridgehead atoms. The second-order valence-corrected chi connectivity index (χ2v) is 7.27. The van der Waals surface area contributed by atoms with Gasteiger partial charge in [0, 0.05) is 29.4 Å². The molecule has 3 aromatic rings. The summed E-state index contributed by atoms with van der Waals surface area (Å²) in [6.45, 7) is 0. The first-order valence-electron chi connectivity index (χ1n) is 9.68. The summed E-state index contributed by atoms with van der Waals surface area (Å²) in [6.07, 6.45) is 5.23. The number of hydrogen-bond acceptors (Lipinski definition) is 5. The fourth-order valence-electron chi connectivity index (χ4n) is 3.63. The number of tetrazole rings is 1. The molecule has 2 amide bonds. The molecule has 2 aromatic heterocycles. The van der Waals surface area contributed by atoms with Gasteiger partial charge >= 0.3 is 0 Å². The second kappa shape index (κ2) is 8.26. The molecule has 150 valence electrons. The van der Waals surface area contributed by atoms with Crippen LogP contribution >= 0.6 is 0 Å². The molecule has 0 aliphatic heterocycles. The van der Waals surface area contributed by atoms with Gasteiger partial charge in [0.05, 0.1) is 7.05 Å². The quantitative estimate of drug-likeness (QED) is 0.610. The van der Waals surface area contributed by atoms with Crippen LogP contribution in [0.25, 0.3) is 11.4 Å². The Balaban J connectivity index is 1.33. The van der Waals surface area contributed by atoms with Crippen molar-refractivity contribution in [3.63, 3.8) is 0 Å². The molecule has 1 fully saturated rings. The largest absolute Gasteiger partial charge is 0.357 e. The summed E-state index contributed by atoms with van der Waals surface area (Å²) in [7, 11) is 1.70. The molecule has 4 rings (SSSR count). The molecule has 1 aliphatic rings. The Labute approximate surface area is 167 Å². The minimum atomic E-state index is -0.120. The van der Waals surface area contributed by atoms with Crippen molar-refractivity contribution in [2.75, 3.05) is 0 Å². The number of H-pyrrole nitrogens is 1. The van der Waals surface area contributed by atoms with Crippen molar-refractivity contribution in [1.82, 2.24) is 35.8 Å². The van der Waals surface area contributed by atoms with Gasteiger partial charge < -0.3 is 15.6 Å². The molecule has 9 nitrogen and oxygen atoms in total. The van der Waals surface area contributed by atoms with Gasteiger partial charge in [0.2, 0.25) is 5.82 Å². The molecule has 9 heteroatoms. The molecule has 0 radical (unpaired) electrons. The van der Waals surface area contributed by atoms with Crippen molar-refractivity contribution >= 4 is 11.8 Å². The van der Waals surface area contributed by atoms with Crippen LogP contribution in [0.5, 0.6) is 0 Å². The molecule has 2 atom stereocenters. The van der Waals surface area contributed by atoms with Gasteiger partial charge in [-0.05, 0) is 55.2 Å². The summed E-state index contributed by atoms with van der Waals surface area (Å²) >= 11 is 0. The SMILES string of the molecule is Cn1nnc(-c2ccc(C(=O)NC3CCCC(NC(=O)c4ccc[nH]4)C3)cc2)n1. The first-order chi connectivity index (χ1) is 14.1. The Bertz CT molecular complexity index is 979. The summed E-state index contributed by atoms with van der Waals surface area (Å²) in [5.41, 5.74) is 1.93. The minimum absolute atomic E-state index is 0.0338. The normalized spacial score (nSPS) is 18.9. The van der Waals surface area contributed by atoms with Crippen molar-refractivity contribution in [2.45, 2.75) is 37.8 Å². The molecule has 3 N–H and O–H groups in total. The van der Waals surface area contributed by atoms with Gasteiger partial charge in [-0.3, -0.25) is 9.59 Å². The Morgan fingerprint density at radius 3 is 2.41 bits per heavy atom. The smallest absolute Gasteiger partial charge is 0.267 e. The van der Waals surface area contributed by atoms with Crippen molar-refractivity contribution in [3.05, 3.63) is 53.9 Å². The number of nitrogens with one attached hydrogen (secondary N) is 3. The highest BCUT2D eigenvalue weighted by atomic mass is 16.2. The highest BCUT2D eigenvalue weighted by Crippen LogP contribution is 2.20. The van der Waals surface area contributed by atoms with Crippen LogP contribution in [-0.4, -0.2) is 49.1 Å². The van der Waals surface area contributed by atoms with Crippen LogP contribution in [0.2, 0.25) is 0 Å². The summed E-state index contributed by atoms with van der Waals surface area (Å²) in [5, 5.41) is 18.1. The Hall–Kier alpha value is -3.49. The lowest BCUT2D eigenvalue weighted by Gasteiger charge is -2.30. The zero-order valence-corrected chi connectivity index (χ0v) is 16.1.